The molecule has 0 radical (unpaired) electrons. The lowest BCUT2D eigenvalue weighted by atomic mass is 10.1. The third kappa shape index (κ3) is 4.85. The number of aryl methyl sites for hydroxylation is 1. The van der Waals surface area contributed by atoms with E-state index in [1.165, 1.54) is 18.2 Å². The van der Waals surface area contributed by atoms with Crippen LogP contribution >= 0.6 is 0 Å². The van der Waals surface area contributed by atoms with Gasteiger partial charge in [0, 0.05) is 23.4 Å². The van der Waals surface area contributed by atoms with Gasteiger partial charge in [-0.1, -0.05) is 25.1 Å². The van der Waals surface area contributed by atoms with Gasteiger partial charge in [0.05, 0.1) is 11.5 Å². The SMILES string of the molecule is CCOc1ccc(S(=O)(=O)NNC(=O)/C=C/c2c(CC)oc3ccccc23)cc1. The van der Waals surface area contributed by atoms with Crippen molar-refractivity contribution in [3.63, 3.8) is 0 Å². The number of para-hydroxylation sites is 1. The summed E-state index contributed by atoms with van der Waals surface area (Å²) in [5.41, 5.74) is 3.72. The van der Waals surface area contributed by atoms with Gasteiger partial charge in [0.2, 0.25) is 0 Å². The number of hydrogen-bond acceptors (Lipinski definition) is 5. The minimum atomic E-state index is -3.90. The van der Waals surface area contributed by atoms with E-state index in [4.69, 9.17) is 9.15 Å². The van der Waals surface area contributed by atoms with Gasteiger partial charge in [-0.3, -0.25) is 10.2 Å². The van der Waals surface area contributed by atoms with Crippen molar-refractivity contribution < 1.29 is 22.4 Å². The summed E-state index contributed by atoms with van der Waals surface area (Å²) < 4.78 is 35.7. The Kier molecular flexibility index (Phi) is 6.36. The number of hydrogen-bond donors (Lipinski definition) is 2. The molecule has 7 nitrogen and oxygen atoms in total. The number of amides is 1. The van der Waals surface area contributed by atoms with Gasteiger partial charge in [-0.15, -0.1) is 4.83 Å². The standard InChI is InChI=1S/C21H22N2O5S/c1-3-19-18(17-7-5-6-8-20(17)28-19)13-14-21(24)22-23-29(25,26)16-11-9-15(10-12-16)27-4-2/h5-14,23H,3-4H2,1-2H3,(H,22,24)/b14-13+. The maximum absolute atomic E-state index is 12.3. The largest absolute Gasteiger partial charge is 0.494 e. The van der Waals surface area contributed by atoms with Gasteiger partial charge >= 0.3 is 0 Å². The van der Waals surface area contributed by atoms with Crippen molar-refractivity contribution in [2.24, 2.45) is 0 Å². The Hall–Kier alpha value is -3.10. The predicted molar refractivity (Wildman–Crippen MR) is 111 cm³/mol. The molecule has 29 heavy (non-hydrogen) atoms. The van der Waals surface area contributed by atoms with Crippen molar-refractivity contribution >= 4 is 33.0 Å². The molecule has 3 aromatic rings. The second kappa shape index (κ2) is 8.93. The molecule has 8 heteroatoms. The first-order valence-corrected chi connectivity index (χ1v) is 10.7. The molecule has 0 unspecified atom stereocenters. The zero-order chi connectivity index (χ0) is 20.9. The number of sulfonamides is 1. The number of benzene rings is 2. The molecule has 1 aromatic heterocycles. The van der Waals surface area contributed by atoms with Crippen molar-refractivity contribution in [1.29, 1.82) is 0 Å². The molecule has 2 N–H and O–H groups in total. The molecular weight excluding hydrogens is 392 g/mol. The molecule has 0 spiro atoms. The number of fused-ring (bicyclic) bond motifs is 1. The van der Waals surface area contributed by atoms with Crippen LogP contribution in [0.1, 0.15) is 25.2 Å². The Balaban J connectivity index is 1.68. The topological polar surface area (TPSA) is 97.6 Å². The first kappa shape index (κ1) is 20.6. The van der Waals surface area contributed by atoms with Gasteiger partial charge in [-0.25, -0.2) is 8.42 Å². The van der Waals surface area contributed by atoms with Crippen LogP contribution in [0.5, 0.6) is 5.75 Å². The van der Waals surface area contributed by atoms with Crippen molar-refractivity contribution in [3.8, 4) is 5.75 Å². The summed E-state index contributed by atoms with van der Waals surface area (Å²) in [6.07, 6.45) is 3.54. The van der Waals surface area contributed by atoms with Crippen LogP contribution in [0.25, 0.3) is 17.0 Å². The summed E-state index contributed by atoms with van der Waals surface area (Å²) in [5, 5.41) is 0.892. The molecular formula is C21H22N2O5S. The fraction of sp³-hybridized carbons (Fsp3) is 0.190. The number of ether oxygens (including phenoxy) is 1. The van der Waals surface area contributed by atoms with Crippen LogP contribution in [0.15, 0.2) is 63.9 Å². The predicted octanol–water partition coefficient (Wildman–Crippen LogP) is 3.42. The van der Waals surface area contributed by atoms with Crippen LogP contribution in [0, 0.1) is 0 Å². The van der Waals surface area contributed by atoms with Crippen molar-refractivity contribution in [3.05, 3.63) is 65.9 Å². The Bertz CT molecular complexity index is 1130. The molecule has 0 aliphatic rings. The van der Waals surface area contributed by atoms with Crippen molar-refractivity contribution in [2.75, 3.05) is 6.61 Å². The van der Waals surface area contributed by atoms with E-state index in [0.717, 1.165) is 22.3 Å². The Morgan fingerprint density at radius 2 is 1.83 bits per heavy atom. The molecule has 2 aromatic carbocycles. The third-order valence-electron chi connectivity index (χ3n) is 4.19. The summed E-state index contributed by atoms with van der Waals surface area (Å²) in [6.45, 7) is 4.28. The molecule has 1 heterocycles. The van der Waals surface area contributed by atoms with E-state index in [1.54, 1.807) is 18.2 Å². The van der Waals surface area contributed by atoms with E-state index in [2.05, 4.69) is 10.3 Å². The van der Waals surface area contributed by atoms with E-state index < -0.39 is 15.9 Å². The lowest BCUT2D eigenvalue weighted by molar-refractivity contribution is -0.116. The molecule has 152 valence electrons. The first-order chi connectivity index (χ1) is 13.9. The molecule has 3 rings (SSSR count). The van der Waals surface area contributed by atoms with Crippen LogP contribution in [0.4, 0.5) is 0 Å². The highest BCUT2D eigenvalue weighted by Crippen LogP contribution is 2.27. The van der Waals surface area contributed by atoms with Gasteiger partial charge in [-0.2, -0.15) is 0 Å². The van der Waals surface area contributed by atoms with Crippen molar-refractivity contribution in [2.45, 2.75) is 25.2 Å². The van der Waals surface area contributed by atoms with Crippen LogP contribution in [-0.4, -0.2) is 20.9 Å². The number of furan rings is 1. The quantitative estimate of drug-likeness (QED) is 0.435. The van der Waals surface area contributed by atoms with E-state index in [9.17, 15) is 13.2 Å². The van der Waals surface area contributed by atoms with Gasteiger partial charge in [0.15, 0.2) is 0 Å². The summed E-state index contributed by atoms with van der Waals surface area (Å²) in [7, 11) is -3.90. The van der Waals surface area contributed by atoms with Gasteiger partial charge in [0.1, 0.15) is 17.1 Å². The maximum atomic E-state index is 12.3. The molecule has 0 aliphatic heterocycles. The lowest BCUT2D eigenvalue weighted by Crippen LogP contribution is -2.40. The zero-order valence-electron chi connectivity index (χ0n) is 16.1. The number of rotatable bonds is 8. The smallest absolute Gasteiger partial charge is 0.258 e. The highest BCUT2D eigenvalue weighted by atomic mass is 32.2. The Labute approximate surface area is 169 Å². The fourth-order valence-electron chi connectivity index (χ4n) is 2.82. The highest BCUT2D eigenvalue weighted by Gasteiger charge is 2.15. The maximum Gasteiger partial charge on any atom is 0.258 e. The fourth-order valence-corrected chi connectivity index (χ4v) is 3.67. The molecule has 0 fully saturated rings. The molecule has 0 saturated carbocycles. The van der Waals surface area contributed by atoms with Crippen molar-refractivity contribution in [1.82, 2.24) is 10.3 Å². The molecule has 0 saturated heterocycles. The van der Waals surface area contributed by atoms with E-state index in [0.29, 0.717) is 18.8 Å². The number of nitrogens with one attached hydrogen (secondary N) is 2. The average Bonchev–Trinajstić information content (AvgIpc) is 3.09. The molecule has 0 atom stereocenters. The van der Waals surface area contributed by atoms with Crippen LogP contribution < -0.4 is 15.0 Å². The van der Waals surface area contributed by atoms with Crippen LogP contribution in [0.3, 0.4) is 0 Å². The molecule has 0 bridgehead atoms. The van der Waals surface area contributed by atoms with E-state index in [1.807, 2.05) is 38.1 Å². The normalized spacial score (nSPS) is 11.8. The van der Waals surface area contributed by atoms with Gasteiger partial charge in [-0.05, 0) is 43.3 Å². The molecule has 0 aliphatic carbocycles. The summed E-state index contributed by atoms with van der Waals surface area (Å²) in [4.78, 5) is 14.2. The average molecular weight is 414 g/mol. The Morgan fingerprint density at radius 3 is 2.52 bits per heavy atom. The molecule has 1 amide bonds. The zero-order valence-corrected chi connectivity index (χ0v) is 17.0. The van der Waals surface area contributed by atoms with E-state index in [-0.39, 0.29) is 4.90 Å². The number of carbonyl (C=O) groups excluding carboxylic acids is 1. The first-order valence-electron chi connectivity index (χ1n) is 9.17. The number of carbonyl (C=O) groups is 1. The van der Waals surface area contributed by atoms with Crippen LogP contribution in [-0.2, 0) is 21.2 Å². The van der Waals surface area contributed by atoms with E-state index >= 15 is 0 Å². The number of hydrazine groups is 1. The minimum Gasteiger partial charge on any atom is -0.494 e. The second-order valence-corrected chi connectivity index (χ2v) is 7.80. The van der Waals surface area contributed by atoms with Gasteiger partial charge < -0.3 is 9.15 Å². The van der Waals surface area contributed by atoms with Gasteiger partial charge in [0.25, 0.3) is 15.9 Å². The minimum absolute atomic E-state index is 0.0133. The Morgan fingerprint density at radius 1 is 1.10 bits per heavy atom. The van der Waals surface area contributed by atoms with Crippen LogP contribution in [0.2, 0.25) is 0 Å². The summed E-state index contributed by atoms with van der Waals surface area (Å²) >= 11 is 0. The second-order valence-electron chi connectivity index (χ2n) is 6.12. The highest BCUT2D eigenvalue weighted by molar-refractivity contribution is 7.89. The monoisotopic (exact) mass is 414 g/mol. The lowest BCUT2D eigenvalue weighted by Gasteiger charge is -2.08. The third-order valence-corrected chi connectivity index (χ3v) is 5.45. The summed E-state index contributed by atoms with van der Waals surface area (Å²) in [5.74, 6) is 0.717. The summed E-state index contributed by atoms with van der Waals surface area (Å²) in [6, 6.07) is 13.4.